The summed E-state index contributed by atoms with van der Waals surface area (Å²) in [5.74, 6) is 1.80. The van der Waals surface area contributed by atoms with Gasteiger partial charge in [-0.25, -0.2) is 9.97 Å². The van der Waals surface area contributed by atoms with Gasteiger partial charge in [-0.05, 0) is 24.7 Å². The summed E-state index contributed by atoms with van der Waals surface area (Å²) in [4.78, 5) is 9.72. The van der Waals surface area contributed by atoms with Crippen molar-refractivity contribution in [1.29, 1.82) is 0 Å². The number of rotatable bonds is 2. The zero-order valence-corrected chi connectivity index (χ0v) is 9.86. The van der Waals surface area contributed by atoms with Crippen LogP contribution < -0.4 is 4.90 Å². The van der Waals surface area contributed by atoms with Crippen LogP contribution in [0.2, 0.25) is 0 Å². The van der Waals surface area contributed by atoms with Crippen molar-refractivity contribution in [3.8, 4) is 0 Å². The Morgan fingerprint density at radius 2 is 2.00 bits per heavy atom. The number of nitrogens with zero attached hydrogens (tertiary/aromatic N) is 3. The molecular formula is C12H18FN3. The van der Waals surface area contributed by atoms with Crippen LogP contribution in [-0.4, -0.2) is 23.1 Å². The van der Waals surface area contributed by atoms with Gasteiger partial charge < -0.3 is 4.90 Å². The van der Waals surface area contributed by atoms with Crippen molar-refractivity contribution in [3.05, 3.63) is 18.3 Å². The number of hydrogen-bond acceptors (Lipinski definition) is 3. The molecule has 0 spiro atoms. The average molecular weight is 223 g/mol. The van der Waals surface area contributed by atoms with Crippen molar-refractivity contribution in [3.63, 3.8) is 0 Å². The Morgan fingerprint density at radius 1 is 1.31 bits per heavy atom. The summed E-state index contributed by atoms with van der Waals surface area (Å²) in [5, 5.41) is 0. The molecule has 4 heteroatoms. The Balaban J connectivity index is 1.99. The molecular weight excluding hydrogens is 205 g/mol. The molecule has 0 N–H and O–H groups in total. The van der Waals surface area contributed by atoms with Crippen LogP contribution in [0.15, 0.2) is 12.4 Å². The third-order valence-electron chi connectivity index (χ3n) is 3.43. The van der Waals surface area contributed by atoms with E-state index in [-0.39, 0.29) is 0 Å². The fourth-order valence-electron chi connectivity index (χ4n) is 2.29. The highest BCUT2D eigenvalue weighted by Gasteiger charge is 2.22. The standard InChI is InChI=1S/C12H18FN3/c1-9(2)10-3-5-16(6-4-10)12-7-11(13)14-8-15-12/h7-10H,3-6H2,1-2H3. The van der Waals surface area contributed by atoms with E-state index >= 15 is 0 Å². The highest BCUT2D eigenvalue weighted by Crippen LogP contribution is 2.26. The molecule has 1 aliphatic rings. The van der Waals surface area contributed by atoms with E-state index in [0.717, 1.165) is 30.7 Å². The lowest BCUT2D eigenvalue weighted by atomic mass is 9.87. The molecule has 0 unspecified atom stereocenters. The molecule has 1 fully saturated rings. The van der Waals surface area contributed by atoms with Crippen LogP contribution in [0.25, 0.3) is 0 Å². The molecule has 0 aliphatic carbocycles. The molecule has 0 bridgehead atoms. The van der Waals surface area contributed by atoms with Gasteiger partial charge in [0.2, 0.25) is 5.95 Å². The highest BCUT2D eigenvalue weighted by atomic mass is 19.1. The summed E-state index contributed by atoms with van der Waals surface area (Å²) in [5.41, 5.74) is 0. The molecule has 1 aliphatic heterocycles. The molecule has 1 saturated heterocycles. The normalized spacial score (nSPS) is 18.1. The average Bonchev–Trinajstić information content (AvgIpc) is 2.29. The maximum atomic E-state index is 12.9. The predicted molar refractivity (Wildman–Crippen MR) is 61.8 cm³/mol. The molecule has 0 radical (unpaired) electrons. The smallest absolute Gasteiger partial charge is 0.218 e. The van der Waals surface area contributed by atoms with Crippen LogP contribution in [0.5, 0.6) is 0 Å². The van der Waals surface area contributed by atoms with Crippen molar-refractivity contribution in [2.45, 2.75) is 26.7 Å². The van der Waals surface area contributed by atoms with Crippen molar-refractivity contribution in [2.24, 2.45) is 11.8 Å². The monoisotopic (exact) mass is 223 g/mol. The van der Waals surface area contributed by atoms with Gasteiger partial charge in [-0.2, -0.15) is 4.39 Å². The van der Waals surface area contributed by atoms with E-state index in [1.54, 1.807) is 0 Å². The maximum Gasteiger partial charge on any atom is 0.218 e. The van der Waals surface area contributed by atoms with E-state index in [0.29, 0.717) is 0 Å². The summed E-state index contributed by atoms with van der Waals surface area (Å²) in [7, 11) is 0. The first kappa shape index (κ1) is 11.3. The number of aromatic nitrogens is 2. The third-order valence-corrected chi connectivity index (χ3v) is 3.43. The van der Waals surface area contributed by atoms with E-state index in [1.807, 2.05) is 0 Å². The van der Waals surface area contributed by atoms with Crippen LogP contribution in [0.3, 0.4) is 0 Å². The summed E-state index contributed by atoms with van der Waals surface area (Å²) in [6, 6.07) is 1.41. The summed E-state index contributed by atoms with van der Waals surface area (Å²) in [6.45, 7) is 6.48. The molecule has 3 nitrogen and oxygen atoms in total. The first-order chi connectivity index (χ1) is 7.66. The summed E-state index contributed by atoms with van der Waals surface area (Å²) in [6.07, 6.45) is 3.63. The first-order valence-electron chi connectivity index (χ1n) is 5.89. The SMILES string of the molecule is CC(C)C1CCN(c2cc(F)ncn2)CC1. The molecule has 0 saturated carbocycles. The Bertz CT molecular complexity index is 346. The molecule has 2 heterocycles. The highest BCUT2D eigenvalue weighted by molar-refractivity contribution is 5.37. The van der Waals surface area contributed by atoms with Gasteiger partial charge in [0, 0.05) is 19.2 Å². The Kier molecular flexibility index (Phi) is 3.36. The van der Waals surface area contributed by atoms with E-state index in [2.05, 4.69) is 28.7 Å². The van der Waals surface area contributed by atoms with Gasteiger partial charge in [0.25, 0.3) is 0 Å². The summed E-state index contributed by atoms with van der Waals surface area (Å²) >= 11 is 0. The molecule has 0 amide bonds. The van der Waals surface area contributed by atoms with E-state index in [9.17, 15) is 4.39 Å². The third kappa shape index (κ3) is 2.49. The quantitative estimate of drug-likeness (QED) is 0.721. The van der Waals surface area contributed by atoms with Crippen molar-refractivity contribution < 1.29 is 4.39 Å². The molecule has 2 rings (SSSR count). The molecule has 0 aromatic carbocycles. The Labute approximate surface area is 95.7 Å². The zero-order chi connectivity index (χ0) is 11.5. The number of halogens is 1. The van der Waals surface area contributed by atoms with E-state index in [1.165, 1.54) is 25.2 Å². The predicted octanol–water partition coefficient (Wildman–Crippen LogP) is 2.49. The van der Waals surface area contributed by atoms with Gasteiger partial charge >= 0.3 is 0 Å². The van der Waals surface area contributed by atoms with Gasteiger partial charge in [-0.3, -0.25) is 0 Å². The Hall–Kier alpha value is -1.19. The fraction of sp³-hybridized carbons (Fsp3) is 0.667. The van der Waals surface area contributed by atoms with Gasteiger partial charge in [-0.15, -0.1) is 0 Å². The second kappa shape index (κ2) is 4.76. The van der Waals surface area contributed by atoms with Crippen LogP contribution in [0, 0.1) is 17.8 Å². The van der Waals surface area contributed by atoms with Crippen molar-refractivity contribution >= 4 is 5.82 Å². The zero-order valence-electron chi connectivity index (χ0n) is 9.86. The lowest BCUT2D eigenvalue weighted by Gasteiger charge is -2.34. The van der Waals surface area contributed by atoms with Gasteiger partial charge in [0.1, 0.15) is 12.1 Å². The Morgan fingerprint density at radius 3 is 2.56 bits per heavy atom. The van der Waals surface area contributed by atoms with Crippen LogP contribution in [0.4, 0.5) is 10.2 Å². The molecule has 16 heavy (non-hydrogen) atoms. The van der Waals surface area contributed by atoms with Gasteiger partial charge in [0.05, 0.1) is 0 Å². The minimum absolute atomic E-state index is 0.448. The molecule has 1 aromatic heterocycles. The van der Waals surface area contributed by atoms with Crippen LogP contribution in [0.1, 0.15) is 26.7 Å². The molecule has 88 valence electrons. The fourth-order valence-corrected chi connectivity index (χ4v) is 2.29. The number of hydrogen-bond donors (Lipinski definition) is 0. The van der Waals surface area contributed by atoms with Crippen molar-refractivity contribution in [1.82, 2.24) is 9.97 Å². The van der Waals surface area contributed by atoms with E-state index in [4.69, 9.17) is 0 Å². The topological polar surface area (TPSA) is 29.0 Å². The summed E-state index contributed by atoms with van der Waals surface area (Å²) < 4.78 is 12.9. The van der Waals surface area contributed by atoms with E-state index < -0.39 is 5.95 Å². The van der Waals surface area contributed by atoms with Crippen molar-refractivity contribution in [2.75, 3.05) is 18.0 Å². The lowest BCUT2D eigenvalue weighted by molar-refractivity contribution is 0.310. The lowest BCUT2D eigenvalue weighted by Crippen LogP contribution is -2.35. The maximum absolute atomic E-state index is 12.9. The number of anilines is 1. The largest absolute Gasteiger partial charge is 0.356 e. The second-order valence-corrected chi connectivity index (χ2v) is 4.77. The number of piperidine rings is 1. The second-order valence-electron chi connectivity index (χ2n) is 4.77. The van der Waals surface area contributed by atoms with Crippen LogP contribution >= 0.6 is 0 Å². The van der Waals surface area contributed by atoms with Gasteiger partial charge in [-0.1, -0.05) is 13.8 Å². The minimum Gasteiger partial charge on any atom is -0.356 e. The van der Waals surface area contributed by atoms with Gasteiger partial charge in [0.15, 0.2) is 0 Å². The molecule has 0 atom stereocenters. The van der Waals surface area contributed by atoms with Crippen LogP contribution in [-0.2, 0) is 0 Å². The minimum atomic E-state index is -0.448. The first-order valence-corrected chi connectivity index (χ1v) is 5.89. The molecule has 1 aromatic rings.